The molecule has 1 atom stereocenters. The highest BCUT2D eigenvalue weighted by molar-refractivity contribution is 5.13. The van der Waals surface area contributed by atoms with Crippen molar-refractivity contribution in [3.63, 3.8) is 0 Å². The maximum atomic E-state index is 4.31. The lowest BCUT2D eigenvalue weighted by Gasteiger charge is -2.14. The van der Waals surface area contributed by atoms with Crippen LogP contribution in [0.3, 0.4) is 0 Å². The standard InChI is InChI=1S/C14H21N5/c1-11(2)9-19-14(17-10-18-19)8-16-12(3)13-4-6-15-7-5-13/h4-7,10-12,16H,8-9H2,1-3H3. The summed E-state index contributed by atoms with van der Waals surface area (Å²) in [5.74, 6) is 1.55. The second-order valence-corrected chi connectivity index (χ2v) is 5.14. The first-order valence-electron chi connectivity index (χ1n) is 6.67. The van der Waals surface area contributed by atoms with Gasteiger partial charge in [0.1, 0.15) is 12.2 Å². The number of rotatable bonds is 6. The van der Waals surface area contributed by atoms with Gasteiger partial charge in [0.25, 0.3) is 0 Å². The number of pyridine rings is 1. The SMILES string of the molecule is CC(C)Cn1ncnc1CNC(C)c1ccncc1. The third-order valence-corrected chi connectivity index (χ3v) is 3.01. The molecule has 0 spiro atoms. The minimum absolute atomic E-state index is 0.271. The molecule has 0 saturated heterocycles. The summed E-state index contributed by atoms with van der Waals surface area (Å²) < 4.78 is 1.97. The van der Waals surface area contributed by atoms with E-state index in [0.717, 1.165) is 18.9 Å². The summed E-state index contributed by atoms with van der Waals surface area (Å²) in [6, 6.07) is 4.32. The van der Waals surface area contributed by atoms with E-state index in [1.807, 2.05) is 29.2 Å². The van der Waals surface area contributed by atoms with Crippen LogP contribution in [0.1, 0.15) is 38.2 Å². The average molecular weight is 259 g/mol. The number of hydrogen-bond acceptors (Lipinski definition) is 4. The van der Waals surface area contributed by atoms with Crippen molar-refractivity contribution in [2.45, 2.75) is 39.9 Å². The molecule has 2 aromatic heterocycles. The van der Waals surface area contributed by atoms with E-state index in [-0.39, 0.29) is 6.04 Å². The topological polar surface area (TPSA) is 55.6 Å². The number of aromatic nitrogens is 4. The van der Waals surface area contributed by atoms with Gasteiger partial charge in [-0.2, -0.15) is 5.10 Å². The van der Waals surface area contributed by atoms with Gasteiger partial charge in [-0.3, -0.25) is 4.98 Å². The molecule has 102 valence electrons. The molecule has 1 unspecified atom stereocenters. The summed E-state index contributed by atoms with van der Waals surface area (Å²) in [6.07, 6.45) is 5.25. The maximum absolute atomic E-state index is 4.31. The van der Waals surface area contributed by atoms with Crippen LogP contribution < -0.4 is 5.32 Å². The maximum Gasteiger partial charge on any atom is 0.140 e. The van der Waals surface area contributed by atoms with Crippen molar-refractivity contribution in [2.24, 2.45) is 5.92 Å². The fourth-order valence-electron chi connectivity index (χ4n) is 1.94. The quantitative estimate of drug-likeness (QED) is 0.864. The van der Waals surface area contributed by atoms with Crippen LogP contribution in [0.2, 0.25) is 0 Å². The summed E-state index contributed by atoms with van der Waals surface area (Å²) in [5.41, 5.74) is 1.23. The van der Waals surface area contributed by atoms with Crippen LogP contribution in [0, 0.1) is 5.92 Å². The summed E-state index contributed by atoms with van der Waals surface area (Å²) in [4.78, 5) is 8.34. The fraction of sp³-hybridized carbons (Fsp3) is 0.500. The summed E-state index contributed by atoms with van der Waals surface area (Å²) in [6.45, 7) is 8.12. The molecule has 0 bridgehead atoms. The predicted molar refractivity (Wildman–Crippen MR) is 74.4 cm³/mol. The van der Waals surface area contributed by atoms with E-state index in [9.17, 15) is 0 Å². The number of hydrogen-bond donors (Lipinski definition) is 1. The van der Waals surface area contributed by atoms with Gasteiger partial charge >= 0.3 is 0 Å². The zero-order valence-electron chi connectivity index (χ0n) is 11.7. The Morgan fingerprint density at radius 2 is 1.95 bits per heavy atom. The monoisotopic (exact) mass is 259 g/mol. The number of nitrogens with one attached hydrogen (secondary N) is 1. The van der Waals surface area contributed by atoms with Crippen molar-refractivity contribution in [2.75, 3.05) is 0 Å². The molecule has 5 heteroatoms. The van der Waals surface area contributed by atoms with E-state index < -0.39 is 0 Å². The lowest BCUT2D eigenvalue weighted by atomic mass is 10.1. The van der Waals surface area contributed by atoms with E-state index in [1.165, 1.54) is 5.56 Å². The van der Waals surface area contributed by atoms with Gasteiger partial charge < -0.3 is 5.32 Å². The van der Waals surface area contributed by atoms with Gasteiger partial charge in [0.05, 0.1) is 6.54 Å². The Morgan fingerprint density at radius 3 is 2.63 bits per heavy atom. The molecular formula is C14H21N5. The van der Waals surface area contributed by atoms with Crippen LogP contribution in [0.15, 0.2) is 30.9 Å². The Balaban J connectivity index is 1.94. The lowest BCUT2D eigenvalue weighted by Crippen LogP contribution is -2.22. The fourth-order valence-corrected chi connectivity index (χ4v) is 1.94. The molecule has 0 aliphatic heterocycles. The van der Waals surface area contributed by atoms with Gasteiger partial charge in [0.15, 0.2) is 0 Å². The highest BCUT2D eigenvalue weighted by Crippen LogP contribution is 2.11. The van der Waals surface area contributed by atoms with Gasteiger partial charge in [0.2, 0.25) is 0 Å². The molecule has 2 rings (SSSR count). The molecule has 0 radical (unpaired) electrons. The Kier molecular flexibility index (Phi) is 4.63. The minimum Gasteiger partial charge on any atom is -0.303 e. The van der Waals surface area contributed by atoms with Crippen molar-refractivity contribution in [1.82, 2.24) is 25.1 Å². The highest BCUT2D eigenvalue weighted by Gasteiger charge is 2.09. The van der Waals surface area contributed by atoms with Crippen molar-refractivity contribution >= 4 is 0 Å². The molecule has 1 N–H and O–H groups in total. The Bertz CT molecular complexity index is 492. The van der Waals surface area contributed by atoms with Crippen molar-refractivity contribution in [3.8, 4) is 0 Å². The number of nitrogens with zero attached hydrogens (tertiary/aromatic N) is 4. The van der Waals surface area contributed by atoms with Crippen LogP contribution in [0.4, 0.5) is 0 Å². The summed E-state index contributed by atoms with van der Waals surface area (Å²) >= 11 is 0. The molecule has 2 heterocycles. The average Bonchev–Trinajstić information content (AvgIpc) is 2.83. The molecule has 0 fully saturated rings. The molecule has 2 aromatic rings. The van der Waals surface area contributed by atoms with Crippen LogP contribution in [-0.4, -0.2) is 19.7 Å². The molecule has 0 amide bonds. The Morgan fingerprint density at radius 1 is 1.21 bits per heavy atom. The van der Waals surface area contributed by atoms with Crippen molar-refractivity contribution in [3.05, 3.63) is 42.2 Å². The molecule has 0 aromatic carbocycles. The van der Waals surface area contributed by atoms with Gasteiger partial charge in [-0.25, -0.2) is 9.67 Å². The zero-order valence-corrected chi connectivity index (χ0v) is 11.7. The van der Waals surface area contributed by atoms with Gasteiger partial charge in [-0.1, -0.05) is 13.8 Å². The minimum atomic E-state index is 0.271. The van der Waals surface area contributed by atoms with E-state index in [0.29, 0.717) is 5.92 Å². The van der Waals surface area contributed by atoms with E-state index in [1.54, 1.807) is 6.33 Å². The Hall–Kier alpha value is -1.75. The smallest absolute Gasteiger partial charge is 0.140 e. The normalized spacial score (nSPS) is 12.8. The molecule has 0 saturated carbocycles. The molecule has 19 heavy (non-hydrogen) atoms. The predicted octanol–water partition coefficient (Wildman–Crippen LogP) is 2.18. The van der Waals surface area contributed by atoms with Crippen LogP contribution in [0.5, 0.6) is 0 Å². The Labute approximate surface area is 114 Å². The molecule has 5 nitrogen and oxygen atoms in total. The second-order valence-electron chi connectivity index (χ2n) is 5.14. The first-order valence-corrected chi connectivity index (χ1v) is 6.67. The second kappa shape index (κ2) is 6.43. The van der Waals surface area contributed by atoms with E-state index >= 15 is 0 Å². The van der Waals surface area contributed by atoms with Crippen LogP contribution in [-0.2, 0) is 13.1 Å². The van der Waals surface area contributed by atoms with Gasteiger partial charge in [0, 0.05) is 25.0 Å². The lowest BCUT2D eigenvalue weighted by molar-refractivity contribution is 0.449. The van der Waals surface area contributed by atoms with E-state index in [2.05, 4.69) is 41.2 Å². The third kappa shape index (κ3) is 3.86. The van der Waals surface area contributed by atoms with Crippen molar-refractivity contribution in [1.29, 1.82) is 0 Å². The van der Waals surface area contributed by atoms with E-state index in [4.69, 9.17) is 0 Å². The van der Waals surface area contributed by atoms with Crippen LogP contribution in [0.25, 0.3) is 0 Å². The first-order chi connectivity index (χ1) is 9.16. The summed E-state index contributed by atoms with van der Waals surface area (Å²) in [7, 11) is 0. The van der Waals surface area contributed by atoms with Crippen LogP contribution >= 0.6 is 0 Å². The molecule has 0 aliphatic carbocycles. The summed E-state index contributed by atoms with van der Waals surface area (Å²) in [5, 5.41) is 7.73. The molecular weight excluding hydrogens is 238 g/mol. The molecule has 0 aliphatic rings. The highest BCUT2D eigenvalue weighted by atomic mass is 15.3. The third-order valence-electron chi connectivity index (χ3n) is 3.01. The van der Waals surface area contributed by atoms with Gasteiger partial charge in [-0.05, 0) is 30.5 Å². The first kappa shape index (κ1) is 13.7. The largest absolute Gasteiger partial charge is 0.303 e. The van der Waals surface area contributed by atoms with Crippen molar-refractivity contribution < 1.29 is 0 Å². The van der Waals surface area contributed by atoms with Gasteiger partial charge in [-0.15, -0.1) is 0 Å². The zero-order chi connectivity index (χ0) is 13.7.